The van der Waals surface area contributed by atoms with E-state index in [2.05, 4.69) is 115 Å². The Balaban J connectivity index is 1.06. The smallest absolute Gasteiger partial charge is 0.164 e. The Morgan fingerprint density at radius 2 is 1.02 bits per heavy atom. The molecule has 0 radical (unpaired) electrons. The highest BCUT2D eigenvalue weighted by Crippen LogP contribution is 2.51. The van der Waals surface area contributed by atoms with Crippen LogP contribution in [0.1, 0.15) is 25.0 Å². The molecular weight excluding hydrogens is 737 g/mol. The molecule has 0 N–H and O–H groups in total. The van der Waals surface area contributed by atoms with Crippen LogP contribution < -0.4 is 0 Å². The van der Waals surface area contributed by atoms with E-state index in [0.717, 1.165) is 77.3 Å². The van der Waals surface area contributed by atoms with Gasteiger partial charge in [-0.15, -0.1) is 0 Å². The van der Waals surface area contributed by atoms with E-state index < -0.39 is 0 Å². The standard InChI is InChI=1S/C54H34N4O2/c1-54(2)40-23-9-6-17-32(40)38-29-39-33-18-7-10-24-42(33)58(44(39)30-41(38)54)43-25-12-20-35-49-37(22-14-28-47(49)60-50(35)43)53-56-51(31-15-4-3-5-16-31)55-52(57-53)36-21-13-27-46-48(36)34-19-8-11-26-45(34)59-46/h3-30H,1-2H3. The fourth-order valence-corrected chi connectivity index (χ4v) is 9.91. The number of hydrogen-bond acceptors (Lipinski definition) is 5. The predicted molar refractivity (Wildman–Crippen MR) is 243 cm³/mol. The lowest BCUT2D eigenvalue weighted by molar-refractivity contribution is 0.660. The van der Waals surface area contributed by atoms with Gasteiger partial charge in [0.15, 0.2) is 23.1 Å². The van der Waals surface area contributed by atoms with Crippen LogP contribution in [-0.4, -0.2) is 19.5 Å². The molecule has 12 aromatic rings. The Hall–Kier alpha value is -7.83. The van der Waals surface area contributed by atoms with Crippen LogP contribution in [0.5, 0.6) is 0 Å². The van der Waals surface area contributed by atoms with Crippen molar-refractivity contribution in [3.63, 3.8) is 0 Å². The van der Waals surface area contributed by atoms with E-state index in [1.54, 1.807) is 0 Å². The molecule has 1 aliphatic carbocycles. The van der Waals surface area contributed by atoms with Gasteiger partial charge in [0.05, 0.1) is 16.7 Å². The molecule has 0 aliphatic heterocycles. The molecule has 6 heteroatoms. The fraction of sp³-hybridized carbons (Fsp3) is 0.0556. The summed E-state index contributed by atoms with van der Waals surface area (Å²) < 4.78 is 15.7. The Bertz CT molecular complexity index is 3760. The minimum atomic E-state index is -0.139. The second-order valence-corrected chi connectivity index (χ2v) is 16.3. The summed E-state index contributed by atoms with van der Waals surface area (Å²) in [7, 11) is 0. The summed E-state index contributed by atoms with van der Waals surface area (Å²) in [5.41, 5.74) is 14.3. The van der Waals surface area contributed by atoms with Gasteiger partial charge in [-0.3, -0.25) is 0 Å². The summed E-state index contributed by atoms with van der Waals surface area (Å²) in [6.45, 7) is 4.68. The number of furan rings is 2. The highest BCUT2D eigenvalue weighted by atomic mass is 16.3. The van der Waals surface area contributed by atoms with Gasteiger partial charge in [0.1, 0.15) is 16.7 Å². The highest BCUT2D eigenvalue weighted by molar-refractivity contribution is 6.17. The SMILES string of the molecule is CC1(C)c2ccccc2-c2cc3c4ccccc4n(-c4cccc5c4oc4cccc(-c6nc(-c7ccccc7)nc(-c7cccc8oc9ccccc9c78)n6)c45)c3cc21. The first kappa shape index (κ1) is 33.2. The molecule has 4 heterocycles. The van der Waals surface area contributed by atoms with Crippen molar-refractivity contribution < 1.29 is 8.83 Å². The topological polar surface area (TPSA) is 69.9 Å². The first-order chi connectivity index (χ1) is 29.5. The molecule has 0 saturated carbocycles. The van der Waals surface area contributed by atoms with E-state index in [9.17, 15) is 0 Å². The van der Waals surface area contributed by atoms with Crippen LogP contribution in [0.2, 0.25) is 0 Å². The number of benzene rings is 8. The van der Waals surface area contributed by atoms with Crippen molar-refractivity contribution in [3.05, 3.63) is 181 Å². The van der Waals surface area contributed by atoms with Gasteiger partial charge in [0, 0.05) is 54.4 Å². The summed E-state index contributed by atoms with van der Waals surface area (Å²) in [6.07, 6.45) is 0. The number of para-hydroxylation sites is 3. The average Bonchev–Trinajstić information content (AvgIpc) is 4.03. The normalized spacial score (nSPS) is 13.3. The van der Waals surface area contributed by atoms with Crippen LogP contribution >= 0.6 is 0 Å². The quantitative estimate of drug-likeness (QED) is 0.178. The number of hydrogen-bond donors (Lipinski definition) is 0. The minimum absolute atomic E-state index is 0.139. The van der Waals surface area contributed by atoms with Gasteiger partial charge in [0.25, 0.3) is 0 Å². The Kier molecular flexibility index (Phi) is 6.69. The lowest BCUT2D eigenvalue weighted by Gasteiger charge is -2.21. The third-order valence-electron chi connectivity index (χ3n) is 12.7. The summed E-state index contributed by atoms with van der Waals surface area (Å²) in [6, 6.07) is 59.3. The molecule has 4 aromatic heterocycles. The molecule has 8 aromatic carbocycles. The monoisotopic (exact) mass is 770 g/mol. The molecule has 1 aliphatic rings. The van der Waals surface area contributed by atoms with E-state index >= 15 is 0 Å². The third kappa shape index (κ3) is 4.56. The van der Waals surface area contributed by atoms with Crippen LogP contribution in [-0.2, 0) is 5.41 Å². The van der Waals surface area contributed by atoms with Crippen LogP contribution in [0.4, 0.5) is 0 Å². The third-order valence-corrected chi connectivity index (χ3v) is 12.7. The molecule has 13 rings (SSSR count). The molecule has 60 heavy (non-hydrogen) atoms. The van der Waals surface area contributed by atoms with Crippen LogP contribution in [0, 0.1) is 0 Å². The highest BCUT2D eigenvalue weighted by Gasteiger charge is 2.36. The van der Waals surface area contributed by atoms with E-state index in [0.29, 0.717) is 17.5 Å². The Labute approximate surface area is 344 Å². The van der Waals surface area contributed by atoms with E-state index in [1.165, 1.54) is 33.0 Å². The minimum Gasteiger partial charge on any atom is -0.456 e. The Morgan fingerprint density at radius 1 is 0.417 bits per heavy atom. The van der Waals surface area contributed by atoms with Crippen molar-refractivity contribution in [1.29, 1.82) is 0 Å². The lowest BCUT2D eigenvalue weighted by atomic mass is 9.82. The zero-order valence-electron chi connectivity index (χ0n) is 32.8. The maximum atomic E-state index is 6.97. The Morgan fingerprint density at radius 3 is 1.83 bits per heavy atom. The molecule has 282 valence electrons. The molecule has 0 spiro atoms. The second-order valence-electron chi connectivity index (χ2n) is 16.3. The van der Waals surface area contributed by atoms with Crippen molar-refractivity contribution >= 4 is 65.7 Å². The van der Waals surface area contributed by atoms with E-state index in [4.69, 9.17) is 23.8 Å². The first-order valence-electron chi connectivity index (χ1n) is 20.4. The molecule has 0 fully saturated rings. The molecule has 0 bridgehead atoms. The van der Waals surface area contributed by atoms with Crippen molar-refractivity contribution in [1.82, 2.24) is 19.5 Å². The summed E-state index contributed by atoms with van der Waals surface area (Å²) in [5, 5.41) is 6.37. The van der Waals surface area contributed by atoms with Crippen molar-refractivity contribution in [3.8, 4) is 51.0 Å². The average molecular weight is 771 g/mol. The van der Waals surface area contributed by atoms with Crippen molar-refractivity contribution in [2.45, 2.75) is 19.3 Å². The first-order valence-corrected chi connectivity index (χ1v) is 20.4. The molecule has 0 unspecified atom stereocenters. The van der Waals surface area contributed by atoms with Gasteiger partial charge in [-0.2, -0.15) is 0 Å². The van der Waals surface area contributed by atoms with Crippen LogP contribution in [0.15, 0.2) is 179 Å². The summed E-state index contributed by atoms with van der Waals surface area (Å²) in [4.78, 5) is 15.6. The van der Waals surface area contributed by atoms with Crippen molar-refractivity contribution in [2.75, 3.05) is 0 Å². The van der Waals surface area contributed by atoms with Crippen molar-refractivity contribution in [2.24, 2.45) is 0 Å². The number of rotatable bonds is 4. The maximum absolute atomic E-state index is 6.97. The molecule has 0 amide bonds. The van der Waals surface area contributed by atoms with Gasteiger partial charge in [0.2, 0.25) is 0 Å². The number of nitrogens with zero attached hydrogens (tertiary/aromatic N) is 4. The fourth-order valence-electron chi connectivity index (χ4n) is 9.91. The molecule has 0 saturated heterocycles. The van der Waals surface area contributed by atoms with E-state index in [-0.39, 0.29) is 5.41 Å². The van der Waals surface area contributed by atoms with Crippen LogP contribution in [0.3, 0.4) is 0 Å². The zero-order valence-corrected chi connectivity index (χ0v) is 32.8. The van der Waals surface area contributed by atoms with Gasteiger partial charge in [-0.25, -0.2) is 15.0 Å². The zero-order chi connectivity index (χ0) is 39.7. The lowest BCUT2D eigenvalue weighted by Crippen LogP contribution is -2.14. The van der Waals surface area contributed by atoms with Gasteiger partial charge < -0.3 is 13.4 Å². The van der Waals surface area contributed by atoms with E-state index in [1.807, 2.05) is 72.8 Å². The maximum Gasteiger partial charge on any atom is 0.164 e. The van der Waals surface area contributed by atoms with Gasteiger partial charge >= 0.3 is 0 Å². The number of aromatic nitrogens is 4. The molecular formula is C54H34N4O2. The summed E-state index contributed by atoms with van der Waals surface area (Å²) >= 11 is 0. The molecule has 6 nitrogen and oxygen atoms in total. The second kappa shape index (κ2) is 12.1. The predicted octanol–water partition coefficient (Wildman–Crippen LogP) is 14.1. The van der Waals surface area contributed by atoms with Crippen LogP contribution in [0.25, 0.3) is 117 Å². The largest absolute Gasteiger partial charge is 0.456 e. The molecule has 0 atom stereocenters. The number of fused-ring (bicyclic) bond motifs is 12. The van der Waals surface area contributed by atoms with Gasteiger partial charge in [-0.05, 0) is 64.7 Å². The summed E-state index contributed by atoms with van der Waals surface area (Å²) in [5.74, 6) is 1.73. The van der Waals surface area contributed by atoms with Gasteiger partial charge in [-0.1, -0.05) is 141 Å².